The molecule has 0 aliphatic heterocycles. The molecule has 0 aliphatic carbocycles. The van der Waals surface area contributed by atoms with Gasteiger partial charge in [0.15, 0.2) is 5.78 Å². The highest BCUT2D eigenvalue weighted by atomic mass is 35.5. The molecule has 0 radical (unpaired) electrons. The number of Topliss-reactive ketones (excluding diaryl/α,β-unsaturated/α-hetero) is 1. The number of ketones is 1. The quantitative estimate of drug-likeness (QED) is 0.235. The van der Waals surface area contributed by atoms with Gasteiger partial charge in [0.1, 0.15) is 6.04 Å². The predicted octanol–water partition coefficient (Wildman–Crippen LogP) is -0.994. The molecule has 2 aromatic heterocycles. The van der Waals surface area contributed by atoms with Crippen LogP contribution in [0.15, 0.2) is 73.1 Å². The molecular formula is C29H37ClN6O3. The highest BCUT2D eigenvalue weighted by Gasteiger charge is 2.20. The van der Waals surface area contributed by atoms with Gasteiger partial charge in [-0.25, -0.2) is 0 Å². The van der Waals surface area contributed by atoms with Gasteiger partial charge in [0.2, 0.25) is 11.8 Å². The number of halogens is 1. The maximum absolute atomic E-state index is 12.8. The Hall–Kier alpha value is -3.66. The van der Waals surface area contributed by atoms with E-state index in [1.54, 1.807) is 26.2 Å². The summed E-state index contributed by atoms with van der Waals surface area (Å²) in [7, 11) is 0. The third-order valence-corrected chi connectivity index (χ3v) is 6.05. The lowest BCUT2D eigenvalue weighted by Gasteiger charge is -2.21. The number of carbonyl (C=O) groups is 3. The summed E-state index contributed by atoms with van der Waals surface area (Å²) in [5.41, 5.74) is 7.21. The van der Waals surface area contributed by atoms with E-state index in [1.807, 2.05) is 65.6 Å². The van der Waals surface area contributed by atoms with Crippen molar-refractivity contribution in [3.8, 4) is 0 Å². The number of nitrogens with one attached hydrogen (secondary N) is 2. The molecule has 0 unspecified atom stereocenters. The van der Waals surface area contributed by atoms with Crippen LogP contribution in [0, 0.1) is 5.92 Å². The number of hydrogen-bond acceptors (Lipinski definition) is 6. The van der Waals surface area contributed by atoms with Crippen molar-refractivity contribution < 1.29 is 32.5 Å². The number of anilines is 1. The summed E-state index contributed by atoms with van der Waals surface area (Å²) in [6.07, 6.45) is 4.33. The summed E-state index contributed by atoms with van der Waals surface area (Å²) in [4.78, 5) is 47.7. The van der Waals surface area contributed by atoms with Crippen molar-refractivity contribution in [2.75, 3.05) is 18.4 Å². The lowest BCUT2D eigenvalue weighted by atomic mass is 10.0. The number of benzene rings is 1. The fraction of sp³-hybridized carbons (Fsp3) is 0.345. The third-order valence-electron chi connectivity index (χ3n) is 6.05. The second-order valence-electron chi connectivity index (χ2n) is 9.55. The van der Waals surface area contributed by atoms with Gasteiger partial charge in [-0.05, 0) is 55.3 Å². The molecule has 2 atom stereocenters. The van der Waals surface area contributed by atoms with Gasteiger partial charge in [0, 0.05) is 50.1 Å². The van der Waals surface area contributed by atoms with Gasteiger partial charge < -0.3 is 28.8 Å². The lowest BCUT2D eigenvalue weighted by Crippen LogP contribution is -3.00. The van der Waals surface area contributed by atoms with Crippen LogP contribution in [-0.2, 0) is 33.9 Å². The van der Waals surface area contributed by atoms with Gasteiger partial charge in [0.25, 0.3) is 0 Å². The van der Waals surface area contributed by atoms with Crippen LogP contribution in [0.25, 0.3) is 0 Å². The van der Waals surface area contributed by atoms with Crippen molar-refractivity contribution in [3.63, 3.8) is 0 Å². The topological polar surface area (TPSA) is 132 Å². The average molecular weight is 553 g/mol. The smallest absolute Gasteiger partial charge is 0.238 e. The molecule has 1 aromatic carbocycles. The molecule has 9 nitrogen and oxygen atoms in total. The largest absolute Gasteiger partial charge is 1.00 e. The van der Waals surface area contributed by atoms with Crippen molar-refractivity contribution >= 4 is 23.3 Å². The number of hydrogen-bond donors (Lipinski definition) is 3. The van der Waals surface area contributed by atoms with Crippen LogP contribution in [0.5, 0.6) is 0 Å². The fourth-order valence-electron chi connectivity index (χ4n) is 3.87. The highest BCUT2D eigenvalue weighted by molar-refractivity contribution is 5.92. The minimum absolute atomic E-state index is 0. The van der Waals surface area contributed by atoms with E-state index in [0.717, 1.165) is 17.0 Å². The number of pyridine rings is 2. The van der Waals surface area contributed by atoms with E-state index in [4.69, 9.17) is 0 Å². The van der Waals surface area contributed by atoms with Gasteiger partial charge >= 0.3 is 0 Å². The van der Waals surface area contributed by atoms with Crippen molar-refractivity contribution in [1.29, 1.82) is 0 Å². The Morgan fingerprint density at radius 3 is 2.00 bits per heavy atom. The Kier molecular flexibility index (Phi) is 13.2. The Bertz CT molecular complexity index is 1140. The molecule has 3 rings (SSSR count). The molecule has 2 heterocycles. The van der Waals surface area contributed by atoms with Crippen LogP contribution in [0.2, 0.25) is 0 Å². The first-order valence-electron chi connectivity index (χ1n) is 12.8. The van der Waals surface area contributed by atoms with Gasteiger partial charge in [-0.3, -0.25) is 29.3 Å². The molecule has 0 aliphatic rings. The van der Waals surface area contributed by atoms with Crippen LogP contribution in [0.4, 0.5) is 5.69 Å². The molecule has 0 bridgehead atoms. The number of aromatic nitrogens is 2. The zero-order chi connectivity index (χ0) is 27.3. The molecule has 0 fully saturated rings. The van der Waals surface area contributed by atoms with Crippen LogP contribution in [0.3, 0.4) is 0 Å². The zero-order valence-electron chi connectivity index (χ0n) is 22.5. The first-order valence-corrected chi connectivity index (χ1v) is 12.8. The Morgan fingerprint density at radius 1 is 0.897 bits per heavy atom. The first kappa shape index (κ1) is 31.6. The van der Waals surface area contributed by atoms with Crippen molar-refractivity contribution in [2.45, 2.75) is 45.8 Å². The maximum atomic E-state index is 12.8. The monoisotopic (exact) mass is 552 g/mol. The van der Waals surface area contributed by atoms with E-state index in [1.165, 1.54) is 0 Å². The van der Waals surface area contributed by atoms with Crippen LogP contribution >= 0.6 is 0 Å². The molecule has 5 N–H and O–H groups in total. The molecule has 2 amide bonds. The number of amides is 2. The van der Waals surface area contributed by atoms with Gasteiger partial charge in [-0.2, -0.15) is 0 Å². The molecule has 208 valence electrons. The number of rotatable bonds is 14. The van der Waals surface area contributed by atoms with Crippen molar-refractivity contribution in [1.82, 2.24) is 20.2 Å². The summed E-state index contributed by atoms with van der Waals surface area (Å²) in [5, 5.41) is 5.85. The number of nitrogens with zero attached hydrogens (tertiary/aromatic N) is 3. The molecule has 0 spiro atoms. The first-order chi connectivity index (χ1) is 18.3. The molecule has 3 aromatic rings. The zero-order valence-corrected chi connectivity index (χ0v) is 23.2. The highest BCUT2D eigenvalue weighted by Crippen LogP contribution is 2.12. The molecule has 0 saturated heterocycles. The fourth-order valence-corrected chi connectivity index (χ4v) is 3.87. The van der Waals surface area contributed by atoms with Crippen LogP contribution in [-0.4, -0.2) is 51.6 Å². The van der Waals surface area contributed by atoms with Gasteiger partial charge in [-0.1, -0.05) is 31.2 Å². The maximum Gasteiger partial charge on any atom is 0.238 e. The van der Waals surface area contributed by atoms with E-state index in [2.05, 4.69) is 26.3 Å². The summed E-state index contributed by atoms with van der Waals surface area (Å²) in [6, 6.07) is 18.7. The summed E-state index contributed by atoms with van der Waals surface area (Å²) in [6.45, 7) is 5.20. The minimum Gasteiger partial charge on any atom is -1.00 e. The van der Waals surface area contributed by atoms with E-state index < -0.39 is 0 Å². The van der Waals surface area contributed by atoms with Gasteiger partial charge in [-0.15, -0.1) is 0 Å². The third kappa shape index (κ3) is 11.3. The van der Waals surface area contributed by atoms with E-state index in [9.17, 15) is 14.4 Å². The summed E-state index contributed by atoms with van der Waals surface area (Å²) >= 11 is 0. The summed E-state index contributed by atoms with van der Waals surface area (Å²) in [5.74, 6) is -0.651. The molecular weight excluding hydrogens is 516 g/mol. The summed E-state index contributed by atoms with van der Waals surface area (Å²) < 4.78 is 0. The minimum atomic E-state index is -0.376. The molecule has 0 saturated carbocycles. The van der Waals surface area contributed by atoms with Crippen LogP contribution in [0.1, 0.15) is 37.2 Å². The second kappa shape index (κ2) is 16.3. The van der Waals surface area contributed by atoms with E-state index in [0.29, 0.717) is 31.7 Å². The predicted molar refractivity (Wildman–Crippen MR) is 146 cm³/mol. The van der Waals surface area contributed by atoms with E-state index >= 15 is 0 Å². The standard InChI is InChI=1S/C29H36N6O3.ClH/c1-21(17-27(36)22(2)30)29(38)33-16-13-23-9-11-24(12-10-23)34-28(37)20-35(18-25-7-3-5-14-31-25)19-26-8-4-6-15-32-26;/h3-12,14-15,21-22H,13,16-20,30H2,1-2H3,(H,33,38)(H,34,37);1H/t21-,22+;/m0./s1. The van der Waals surface area contributed by atoms with Crippen molar-refractivity contribution in [2.24, 2.45) is 5.92 Å². The lowest BCUT2D eigenvalue weighted by molar-refractivity contribution is -0.397. The molecule has 10 heteroatoms. The number of quaternary nitrogens is 1. The van der Waals surface area contributed by atoms with E-state index in [-0.39, 0.29) is 54.9 Å². The SMILES string of the molecule is C[C@@H]([NH3+])C(=O)C[C@H](C)C(=O)NCCc1ccc(NC(=O)CN(Cc2ccccn2)Cc2ccccn2)cc1.[Cl-]. The normalized spacial score (nSPS) is 12.2. The Morgan fingerprint density at radius 2 is 1.49 bits per heavy atom. The van der Waals surface area contributed by atoms with Gasteiger partial charge in [0.05, 0.1) is 17.9 Å². The Labute approximate surface area is 236 Å². The Balaban J connectivity index is 0.00000533. The average Bonchev–Trinajstić information content (AvgIpc) is 2.90. The molecule has 39 heavy (non-hydrogen) atoms. The van der Waals surface area contributed by atoms with Crippen molar-refractivity contribution in [3.05, 3.63) is 90.0 Å². The number of carbonyl (C=O) groups excluding carboxylic acids is 3. The van der Waals surface area contributed by atoms with Crippen LogP contribution < -0.4 is 28.8 Å². The second-order valence-corrected chi connectivity index (χ2v) is 9.55.